The summed E-state index contributed by atoms with van der Waals surface area (Å²) < 4.78 is 0. The Morgan fingerprint density at radius 2 is 1.81 bits per heavy atom. The second kappa shape index (κ2) is 8.80. The Balaban J connectivity index is 1.60. The number of rotatable bonds is 7. The summed E-state index contributed by atoms with van der Waals surface area (Å²) in [5.74, 6) is 0.260. The van der Waals surface area contributed by atoms with E-state index >= 15 is 0 Å². The van der Waals surface area contributed by atoms with Gasteiger partial charge in [0.25, 0.3) is 5.91 Å². The van der Waals surface area contributed by atoms with E-state index in [0.717, 1.165) is 17.0 Å². The largest absolute Gasteiger partial charge is 0.349 e. The van der Waals surface area contributed by atoms with Gasteiger partial charge in [-0.05, 0) is 24.6 Å². The van der Waals surface area contributed by atoms with Crippen molar-refractivity contribution in [1.82, 2.24) is 20.6 Å². The number of hydrogen-bond acceptors (Lipinski definition) is 3. The minimum absolute atomic E-state index is 0.0891. The minimum Gasteiger partial charge on any atom is -0.349 e. The molecule has 0 radical (unpaired) electrons. The summed E-state index contributed by atoms with van der Waals surface area (Å²) in [5, 5.41) is 5.63. The SMILES string of the molecule is Cc1ccc(C(=O)NCC(=O)NC(Cc2ncc[nH]2)c2ccccc2)cc1. The zero-order valence-corrected chi connectivity index (χ0v) is 15.1. The monoisotopic (exact) mass is 362 g/mol. The van der Waals surface area contributed by atoms with E-state index in [9.17, 15) is 9.59 Å². The van der Waals surface area contributed by atoms with Crippen LogP contribution in [0.1, 0.15) is 33.4 Å². The summed E-state index contributed by atoms with van der Waals surface area (Å²) >= 11 is 0. The van der Waals surface area contributed by atoms with E-state index in [1.54, 1.807) is 24.5 Å². The number of aromatic nitrogens is 2. The summed E-state index contributed by atoms with van der Waals surface area (Å²) in [5.41, 5.74) is 2.59. The third-order valence-electron chi connectivity index (χ3n) is 4.21. The van der Waals surface area contributed by atoms with Crippen molar-refractivity contribution in [2.75, 3.05) is 6.54 Å². The lowest BCUT2D eigenvalue weighted by Gasteiger charge is -2.18. The maximum absolute atomic E-state index is 12.4. The number of carbonyl (C=O) groups is 2. The highest BCUT2D eigenvalue weighted by Crippen LogP contribution is 2.16. The molecule has 138 valence electrons. The van der Waals surface area contributed by atoms with E-state index in [1.807, 2.05) is 49.4 Å². The molecule has 0 aliphatic heterocycles. The number of nitrogens with zero attached hydrogens (tertiary/aromatic N) is 1. The van der Waals surface area contributed by atoms with Gasteiger partial charge in [0.2, 0.25) is 5.91 Å². The normalized spacial score (nSPS) is 11.6. The lowest BCUT2D eigenvalue weighted by atomic mass is 10.0. The molecule has 0 fully saturated rings. The van der Waals surface area contributed by atoms with E-state index in [2.05, 4.69) is 20.6 Å². The van der Waals surface area contributed by atoms with Gasteiger partial charge in [-0.3, -0.25) is 9.59 Å². The zero-order valence-electron chi connectivity index (χ0n) is 15.1. The maximum Gasteiger partial charge on any atom is 0.251 e. The molecule has 0 saturated carbocycles. The molecule has 27 heavy (non-hydrogen) atoms. The lowest BCUT2D eigenvalue weighted by molar-refractivity contribution is -0.120. The van der Waals surface area contributed by atoms with Crippen molar-refractivity contribution in [3.63, 3.8) is 0 Å². The van der Waals surface area contributed by atoms with Crippen LogP contribution in [0.4, 0.5) is 0 Å². The molecule has 6 nitrogen and oxygen atoms in total. The number of aromatic amines is 1. The molecule has 1 atom stereocenters. The fourth-order valence-corrected chi connectivity index (χ4v) is 2.75. The van der Waals surface area contributed by atoms with Crippen molar-refractivity contribution < 1.29 is 9.59 Å². The highest BCUT2D eigenvalue weighted by Gasteiger charge is 2.17. The van der Waals surface area contributed by atoms with Crippen molar-refractivity contribution in [1.29, 1.82) is 0 Å². The maximum atomic E-state index is 12.4. The van der Waals surface area contributed by atoms with E-state index in [-0.39, 0.29) is 24.4 Å². The molecule has 1 unspecified atom stereocenters. The zero-order chi connectivity index (χ0) is 19.1. The topological polar surface area (TPSA) is 86.9 Å². The lowest BCUT2D eigenvalue weighted by Crippen LogP contribution is -2.39. The van der Waals surface area contributed by atoms with Crippen LogP contribution in [0.2, 0.25) is 0 Å². The average Bonchev–Trinajstić information content (AvgIpc) is 3.20. The van der Waals surface area contributed by atoms with Crippen LogP contribution in [0.3, 0.4) is 0 Å². The third-order valence-corrected chi connectivity index (χ3v) is 4.21. The molecule has 3 aromatic rings. The highest BCUT2D eigenvalue weighted by atomic mass is 16.2. The summed E-state index contributed by atoms with van der Waals surface area (Å²) in [7, 11) is 0. The molecular formula is C21H22N4O2. The van der Waals surface area contributed by atoms with Gasteiger partial charge in [-0.15, -0.1) is 0 Å². The van der Waals surface area contributed by atoms with Gasteiger partial charge < -0.3 is 15.6 Å². The molecule has 3 N–H and O–H groups in total. The standard InChI is InChI=1S/C21H22N4O2/c1-15-7-9-17(10-8-15)21(27)24-14-20(26)25-18(13-19-22-11-12-23-19)16-5-3-2-4-6-16/h2-12,18H,13-14H2,1H3,(H,22,23)(H,24,27)(H,25,26). The number of H-pyrrole nitrogens is 1. The molecule has 0 aliphatic rings. The predicted octanol–water partition coefficient (Wildman–Crippen LogP) is 2.55. The van der Waals surface area contributed by atoms with Crippen LogP contribution >= 0.6 is 0 Å². The Morgan fingerprint density at radius 1 is 1.07 bits per heavy atom. The number of amides is 2. The first-order chi connectivity index (χ1) is 13.1. The summed E-state index contributed by atoms with van der Waals surface area (Å²) in [6, 6.07) is 16.7. The van der Waals surface area contributed by atoms with Crippen LogP contribution in [-0.2, 0) is 11.2 Å². The van der Waals surface area contributed by atoms with Crippen molar-refractivity contribution >= 4 is 11.8 Å². The molecule has 0 saturated heterocycles. The van der Waals surface area contributed by atoms with Crippen LogP contribution < -0.4 is 10.6 Å². The molecule has 2 amide bonds. The molecule has 0 bridgehead atoms. The number of imidazole rings is 1. The Bertz CT molecular complexity index is 874. The summed E-state index contributed by atoms with van der Waals surface area (Å²) in [6.07, 6.45) is 3.97. The molecule has 1 heterocycles. The first-order valence-corrected chi connectivity index (χ1v) is 8.79. The second-order valence-electron chi connectivity index (χ2n) is 6.32. The van der Waals surface area contributed by atoms with Gasteiger partial charge in [-0.1, -0.05) is 48.0 Å². The Hall–Kier alpha value is -3.41. The fraction of sp³-hybridized carbons (Fsp3) is 0.190. The van der Waals surface area contributed by atoms with E-state index < -0.39 is 0 Å². The molecular weight excluding hydrogens is 340 g/mol. The van der Waals surface area contributed by atoms with Crippen LogP contribution in [-0.4, -0.2) is 28.3 Å². The number of benzene rings is 2. The number of hydrogen-bond donors (Lipinski definition) is 3. The van der Waals surface area contributed by atoms with Gasteiger partial charge in [0.15, 0.2) is 0 Å². The van der Waals surface area contributed by atoms with Crippen molar-refractivity contribution in [2.45, 2.75) is 19.4 Å². The van der Waals surface area contributed by atoms with Gasteiger partial charge in [-0.2, -0.15) is 0 Å². The van der Waals surface area contributed by atoms with Crippen molar-refractivity contribution in [3.8, 4) is 0 Å². The smallest absolute Gasteiger partial charge is 0.251 e. The van der Waals surface area contributed by atoms with Crippen LogP contribution in [0, 0.1) is 6.92 Å². The third kappa shape index (κ3) is 5.28. The Morgan fingerprint density at radius 3 is 2.48 bits per heavy atom. The molecule has 2 aromatic carbocycles. The predicted molar refractivity (Wildman–Crippen MR) is 103 cm³/mol. The van der Waals surface area contributed by atoms with Crippen LogP contribution in [0.15, 0.2) is 67.0 Å². The number of carbonyl (C=O) groups excluding carboxylic acids is 2. The van der Waals surface area contributed by atoms with Crippen molar-refractivity contribution in [2.24, 2.45) is 0 Å². The van der Waals surface area contributed by atoms with Gasteiger partial charge >= 0.3 is 0 Å². The van der Waals surface area contributed by atoms with Crippen LogP contribution in [0.5, 0.6) is 0 Å². The molecule has 6 heteroatoms. The summed E-state index contributed by atoms with van der Waals surface area (Å²) in [6.45, 7) is 1.87. The first-order valence-electron chi connectivity index (χ1n) is 8.79. The van der Waals surface area contributed by atoms with Gasteiger partial charge in [0.1, 0.15) is 5.82 Å². The summed E-state index contributed by atoms with van der Waals surface area (Å²) in [4.78, 5) is 31.8. The molecule has 0 aliphatic carbocycles. The number of nitrogens with one attached hydrogen (secondary N) is 3. The van der Waals surface area contributed by atoms with Gasteiger partial charge in [0, 0.05) is 24.4 Å². The van der Waals surface area contributed by atoms with Crippen LogP contribution in [0.25, 0.3) is 0 Å². The van der Waals surface area contributed by atoms with Gasteiger partial charge in [-0.25, -0.2) is 4.98 Å². The number of aryl methyl sites for hydroxylation is 1. The molecule has 3 rings (SSSR count). The second-order valence-corrected chi connectivity index (χ2v) is 6.32. The minimum atomic E-state index is -0.271. The highest BCUT2D eigenvalue weighted by molar-refractivity contribution is 5.96. The average molecular weight is 362 g/mol. The fourth-order valence-electron chi connectivity index (χ4n) is 2.75. The van der Waals surface area contributed by atoms with E-state index in [1.165, 1.54) is 0 Å². The quantitative estimate of drug-likeness (QED) is 0.604. The van der Waals surface area contributed by atoms with E-state index in [0.29, 0.717) is 12.0 Å². The molecule has 1 aromatic heterocycles. The Labute approximate surface area is 158 Å². The Kier molecular flexibility index (Phi) is 5.99. The first kappa shape index (κ1) is 18.4. The van der Waals surface area contributed by atoms with Crippen molar-refractivity contribution in [3.05, 3.63) is 89.5 Å². The molecule has 0 spiro atoms. The van der Waals surface area contributed by atoms with E-state index in [4.69, 9.17) is 0 Å². The van der Waals surface area contributed by atoms with Gasteiger partial charge in [0.05, 0.1) is 12.6 Å².